The Morgan fingerprint density at radius 3 is 2.72 bits per heavy atom. The summed E-state index contributed by atoms with van der Waals surface area (Å²) in [5.74, 6) is 0.998. The van der Waals surface area contributed by atoms with E-state index in [1.807, 2.05) is 0 Å². The number of hydrogen-bond acceptors (Lipinski definition) is 4. The summed E-state index contributed by atoms with van der Waals surface area (Å²) in [5.41, 5.74) is 2.24. The summed E-state index contributed by atoms with van der Waals surface area (Å²) in [5, 5.41) is 3.39. The molecule has 4 nitrogen and oxygen atoms in total. The van der Waals surface area contributed by atoms with Gasteiger partial charge in [0, 0.05) is 50.0 Å². The molecule has 2 rings (SSSR count). The molecular weight excluding hydrogens is 224 g/mol. The Labute approximate surface area is 110 Å². The van der Waals surface area contributed by atoms with Crippen LogP contribution >= 0.6 is 0 Å². The maximum absolute atomic E-state index is 4.63. The van der Waals surface area contributed by atoms with Crippen molar-refractivity contribution in [3.8, 4) is 0 Å². The molecule has 1 aromatic heterocycles. The van der Waals surface area contributed by atoms with Gasteiger partial charge in [-0.3, -0.25) is 4.90 Å². The van der Waals surface area contributed by atoms with Crippen LogP contribution in [0.4, 0.5) is 0 Å². The van der Waals surface area contributed by atoms with E-state index in [9.17, 15) is 0 Å². The lowest BCUT2D eigenvalue weighted by molar-refractivity contribution is 0.181. The maximum atomic E-state index is 4.63. The molecule has 1 fully saturated rings. The highest BCUT2D eigenvalue weighted by Crippen LogP contribution is 2.08. The topological polar surface area (TPSA) is 41.1 Å². The first kappa shape index (κ1) is 13.4. The fourth-order valence-electron chi connectivity index (χ4n) is 2.49. The van der Waals surface area contributed by atoms with E-state index in [2.05, 4.69) is 47.0 Å². The van der Waals surface area contributed by atoms with Gasteiger partial charge in [0.15, 0.2) is 0 Å². The van der Waals surface area contributed by atoms with Gasteiger partial charge in [0.25, 0.3) is 0 Å². The van der Waals surface area contributed by atoms with E-state index < -0.39 is 0 Å². The van der Waals surface area contributed by atoms with Crippen molar-refractivity contribution >= 4 is 0 Å². The molecular formula is C14H24N4. The summed E-state index contributed by atoms with van der Waals surface area (Å²) >= 11 is 0. The third-order valence-corrected chi connectivity index (χ3v) is 3.57. The van der Waals surface area contributed by atoms with Crippen molar-refractivity contribution in [2.24, 2.45) is 0 Å². The molecule has 0 aromatic carbocycles. The van der Waals surface area contributed by atoms with Gasteiger partial charge in [-0.2, -0.15) is 0 Å². The lowest BCUT2D eigenvalue weighted by atomic mass is 10.1. The third-order valence-electron chi connectivity index (χ3n) is 3.57. The Hall–Kier alpha value is -1.00. The molecule has 2 heterocycles. The number of piperazine rings is 1. The molecule has 1 atom stereocenters. The molecule has 0 amide bonds. The molecule has 1 saturated heterocycles. The van der Waals surface area contributed by atoms with E-state index >= 15 is 0 Å². The second kappa shape index (κ2) is 6.25. The van der Waals surface area contributed by atoms with Crippen LogP contribution in [0.5, 0.6) is 0 Å². The fourth-order valence-corrected chi connectivity index (χ4v) is 2.49. The van der Waals surface area contributed by atoms with E-state index in [1.165, 1.54) is 0 Å². The van der Waals surface area contributed by atoms with Crippen LogP contribution in [0.2, 0.25) is 0 Å². The Morgan fingerprint density at radius 1 is 1.33 bits per heavy atom. The van der Waals surface area contributed by atoms with E-state index in [-0.39, 0.29) is 0 Å². The van der Waals surface area contributed by atoms with E-state index in [4.69, 9.17) is 0 Å². The largest absolute Gasteiger partial charge is 0.314 e. The number of nitrogens with zero attached hydrogens (tertiary/aromatic N) is 3. The van der Waals surface area contributed by atoms with Crippen LogP contribution in [-0.2, 0) is 12.8 Å². The summed E-state index contributed by atoms with van der Waals surface area (Å²) in [6, 6.07) is 2.61. The molecule has 1 aliphatic rings. The van der Waals surface area contributed by atoms with Crippen LogP contribution in [0, 0.1) is 6.92 Å². The molecule has 1 aromatic rings. The second-order valence-corrected chi connectivity index (χ2v) is 5.11. The summed E-state index contributed by atoms with van der Waals surface area (Å²) in [6.07, 6.45) is 1.94. The highest BCUT2D eigenvalue weighted by atomic mass is 15.2. The quantitative estimate of drug-likeness (QED) is 0.869. The number of aromatic nitrogens is 2. The Balaban J connectivity index is 2.01. The predicted molar refractivity (Wildman–Crippen MR) is 73.8 cm³/mol. The van der Waals surface area contributed by atoms with Crippen molar-refractivity contribution in [1.29, 1.82) is 0 Å². The first-order valence-electron chi connectivity index (χ1n) is 6.97. The first-order chi connectivity index (χ1) is 8.69. The van der Waals surface area contributed by atoms with Gasteiger partial charge in [-0.15, -0.1) is 0 Å². The summed E-state index contributed by atoms with van der Waals surface area (Å²) in [4.78, 5) is 11.7. The van der Waals surface area contributed by atoms with Crippen LogP contribution < -0.4 is 5.32 Å². The van der Waals surface area contributed by atoms with Gasteiger partial charge >= 0.3 is 0 Å². The highest BCUT2D eigenvalue weighted by Gasteiger charge is 2.17. The number of hydrogen-bond donors (Lipinski definition) is 1. The fraction of sp³-hybridized carbons (Fsp3) is 0.714. The van der Waals surface area contributed by atoms with Gasteiger partial charge in [0.2, 0.25) is 0 Å². The van der Waals surface area contributed by atoms with Crippen molar-refractivity contribution < 1.29 is 0 Å². The second-order valence-electron chi connectivity index (χ2n) is 5.11. The zero-order valence-corrected chi connectivity index (χ0v) is 11.7. The minimum atomic E-state index is 0.526. The molecule has 0 radical (unpaired) electrons. The molecule has 1 N–H and O–H groups in total. The van der Waals surface area contributed by atoms with Crippen LogP contribution in [0.15, 0.2) is 6.07 Å². The third kappa shape index (κ3) is 3.50. The molecule has 0 saturated carbocycles. The Kier molecular flexibility index (Phi) is 4.66. The molecule has 100 valence electrons. The number of aryl methyl sites for hydroxylation is 2. The monoisotopic (exact) mass is 248 g/mol. The van der Waals surface area contributed by atoms with Gasteiger partial charge in [0.1, 0.15) is 5.82 Å². The van der Waals surface area contributed by atoms with Crippen LogP contribution in [0.25, 0.3) is 0 Å². The van der Waals surface area contributed by atoms with E-state index in [0.717, 1.165) is 56.2 Å². The number of nitrogens with one attached hydrogen (secondary N) is 1. The molecule has 18 heavy (non-hydrogen) atoms. The van der Waals surface area contributed by atoms with Crippen molar-refractivity contribution in [3.05, 3.63) is 23.3 Å². The van der Waals surface area contributed by atoms with Gasteiger partial charge in [0.05, 0.1) is 0 Å². The Morgan fingerprint density at radius 2 is 2.06 bits per heavy atom. The smallest absolute Gasteiger partial charge is 0.130 e. The average Bonchev–Trinajstić information content (AvgIpc) is 2.39. The standard InChI is InChI=1S/C14H24N4/c1-4-13-9-11(2)16-14(17-13)10-12(3)18-7-5-15-6-8-18/h9,12,15H,4-8,10H2,1-3H3. The van der Waals surface area contributed by atoms with Crippen LogP contribution in [0.3, 0.4) is 0 Å². The molecule has 0 spiro atoms. The average molecular weight is 248 g/mol. The molecule has 0 bridgehead atoms. The SMILES string of the molecule is CCc1cc(C)nc(CC(C)N2CCNCC2)n1. The molecule has 0 aliphatic carbocycles. The molecule has 4 heteroatoms. The van der Waals surface area contributed by atoms with Crippen molar-refractivity contribution in [3.63, 3.8) is 0 Å². The van der Waals surface area contributed by atoms with E-state index in [0.29, 0.717) is 6.04 Å². The lowest BCUT2D eigenvalue weighted by Crippen LogP contribution is -2.48. The van der Waals surface area contributed by atoms with Gasteiger partial charge < -0.3 is 5.32 Å². The van der Waals surface area contributed by atoms with Crippen molar-refractivity contribution in [2.75, 3.05) is 26.2 Å². The van der Waals surface area contributed by atoms with Crippen LogP contribution in [0.1, 0.15) is 31.1 Å². The van der Waals surface area contributed by atoms with Gasteiger partial charge in [-0.05, 0) is 26.3 Å². The molecule has 1 unspecified atom stereocenters. The van der Waals surface area contributed by atoms with Crippen LogP contribution in [-0.4, -0.2) is 47.1 Å². The Bertz CT molecular complexity index is 385. The predicted octanol–water partition coefficient (Wildman–Crippen LogP) is 1.18. The van der Waals surface area contributed by atoms with E-state index in [1.54, 1.807) is 0 Å². The van der Waals surface area contributed by atoms with Gasteiger partial charge in [-0.1, -0.05) is 6.92 Å². The highest BCUT2D eigenvalue weighted by molar-refractivity contribution is 5.10. The zero-order valence-electron chi connectivity index (χ0n) is 11.7. The number of rotatable bonds is 4. The lowest BCUT2D eigenvalue weighted by Gasteiger charge is -2.32. The zero-order chi connectivity index (χ0) is 13.0. The maximum Gasteiger partial charge on any atom is 0.130 e. The van der Waals surface area contributed by atoms with Crippen molar-refractivity contribution in [1.82, 2.24) is 20.2 Å². The molecule has 1 aliphatic heterocycles. The van der Waals surface area contributed by atoms with Gasteiger partial charge in [-0.25, -0.2) is 9.97 Å². The first-order valence-corrected chi connectivity index (χ1v) is 6.97. The summed E-state index contributed by atoms with van der Waals surface area (Å²) in [6.45, 7) is 10.9. The summed E-state index contributed by atoms with van der Waals surface area (Å²) < 4.78 is 0. The minimum Gasteiger partial charge on any atom is -0.314 e. The van der Waals surface area contributed by atoms with Crippen molar-refractivity contribution in [2.45, 2.75) is 39.7 Å². The normalized spacial score (nSPS) is 18.8. The summed E-state index contributed by atoms with van der Waals surface area (Å²) in [7, 11) is 0. The minimum absolute atomic E-state index is 0.526.